The Morgan fingerprint density at radius 2 is 1.86 bits per heavy atom. The Hall–Kier alpha value is -2.40. The first kappa shape index (κ1) is 16.0. The normalized spacial score (nSPS) is 11.1. The van der Waals surface area contributed by atoms with Crippen LogP contribution in [0.15, 0.2) is 48.8 Å². The second-order valence-electron chi connectivity index (χ2n) is 6.18. The Balaban J connectivity index is 1.99. The van der Waals surface area contributed by atoms with Crippen LogP contribution >= 0.6 is 0 Å². The highest BCUT2D eigenvalue weighted by Crippen LogP contribution is 2.19. The van der Waals surface area contributed by atoms with Crippen molar-refractivity contribution in [2.45, 2.75) is 27.3 Å². The van der Waals surface area contributed by atoms with Crippen molar-refractivity contribution < 1.29 is 10.0 Å². The number of carbonyl (C=O) groups excluding carboxylic acids is 1. The summed E-state index contributed by atoms with van der Waals surface area (Å²) in [4.78, 5) is 16.0. The zero-order valence-electron chi connectivity index (χ0n) is 13.1. The Morgan fingerprint density at radius 3 is 2.41 bits per heavy atom. The van der Waals surface area contributed by atoms with E-state index in [-0.39, 0.29) is 12.5 Å². The van der Waals surface area contributed by atoms with Crippen LogP contribution in [0.4, 0.5) is 11.4 Å². The third-order valence-electron chi connectivity index (χ3n) is 3.11. The molecule has 0 atom stereocenters. The summed E-state index contributed by atoms with van der Waals surface area (Å²) >= 11 is 0. The molecule has 1 heterocycles. The van der Waals surface area contributed by atoms with Gasteiger partial charge in [-0.15, -0.1) is 0 Å². The first-order valence-electron chi connectivity index (χ1n) is 7.13. The van der Waals surface area contributed by atoms with Crippen molar-refractivity contribution in [3.63, 3.8) is 0 Å². The molecule has 5 heteroatoms. The second kappa shape index (κ2) is 6.58. The van der Waals surface area contributed by atoms with Gasteiger partial charge in [-0.3, -0.25) is 15.0 Å². The average molecular weight is 299 g/mol. The fraction of sp³-hybridized carbons (Fsp3) is 0.294. The molecule has 0 radical (unpaired) electrons. The molecule has 2 rings (SSSR count). The molecule has 0 aliphatic carbocycles. The topological polar surface area (TPSA) is 65.5 Å². The number of nitrogens with zero attached hydrogens (tertiary/aromatic N) is 2. The van der Waals surface area contributed by atoms with Gasteiger partial charge in [0.15, 0.2) is 0 Å². The minimum Gasteiger partial charge on any atom is -0.354 e. The van der Waals surface area contributed by atoms with Crippen molar-refractivity contribution in [3.05, 3.63) is 54.4 Å². The number of hydrogen-bond donors (Lipinski definition) is 2. The van der Waals surface area contributed by atoms with Gasteiger partial charge in [0, 0.05) is 17.3 Å². The van der Waals surface area contributed by atoms with Crippen molar-refractivity contribution in [2.24, 2.45) is 5.41 Å². The molecule has 0 aliphatic rings. The third-order valence-corrected chi connectivity index (χ3v) is 3.11. The summed E-state index contributed by atoms with van der Waals surface area (Å²) in [6, 6.07) is 11.3. The van der Waals surface area contributed by atoms with E-state index < -0.39 is 5.41 Å². The summed E-state index contributed by atoms with van der Waals surface area (Å²) in [5.74, 6) is -0.301. The van der Waals surface area contributed by atoms with Crippen molar-refractivity contribution in [2.75, 3.05) is 5.32 Å². The summed E-state index contributed by atoms with van der Waals surface area (Å²) < 4.78 is 0. The van der Waals surface area contributed by atoms with Gasteiger partial charge >= 0.3 is 0 Å². The number of rotatable bonds is 4. The van der Waals surface area contributed by atoms with Crippen LogP contribution in [0.2, 0.25) is 0 Å². The largest absolute Gasteiger partial charge is 0.354 e. The van der Waals surface area contributed by atoms with Gasteiger partial charge < -0.3 is 5.32 Å². The number of carbonyl (C=O) groups is 1. The van der Waals surface area contributed by atoms with Crippen molar-refractivity contribution >= 4 is 17.3 Å². The molecular formula is C17H21N3O2. The Labute approximate surface area is 130 Å². The number of hydroxylamine groups is 2. The predicted molar refractivity (Wildman–Crippen MR) is 85.8 cm³/mol. The van der Waals surface area contributed by atoms with Gasteiger partial charge in [0.1, 0.15) is 0 Å². The van der Waals surface area contributed by atoms with Gasteiger partial charge in [0.05, 0.1) is 18.4 Å². The highest BCUT2D eigenvalue weighted by molar-refractivity contribution is 5.80. The maximum Gasteiger partial charge on any atom is 0.251 e. The molecular weight excluding hydrogens is 278 g/mol. The average Bonchev–Trinajstić information content (AvgIpc) is 2.48. The Kier molecular flexibility index (Phi) is 4.78. The van der Waals surface area contributed by atoms with Crippen LogP contribution in [-0.2, 0) is 11.3 Å². The lowest BCUT2D eigenvalue weighted by Gasteiger charge is -2.24. The van der Waals surface area contributed by atoms with E-state index in [4.69, 9.17) is 0 Å². The van der Waals surface area contributed by atoms with Crippen LogP contribution in [-0.4, -0.2) is 21.2 Å². The molecule has 0 bridgehead atoms. The maximum atomic E-state index is 11.9. The van der Waals surface area contributed by atoms with Gasteiger partial charge in [-0.05, 0) is 29.8 Å². The molecule has 5 nitrogen and oxygen atoms in total. The SMILES string of the molecule is CC(C)(C)C(=O)N(O)Cc1ccc(Nc2cccnc2)cc1. The monoisotopic (exact) mass is 299 g/mol. The molecule has 0 spiro atoms. The quantitative estimate of drug-likeness (QED) is 0.669. The number of anilines is 2. The highest BCUT2D eigenvalue weighted by atomic mass is 16.5. The molecule has 1 amide bonds. The molecule has 0 saturated heterocycles. The lowest BCUT2D eigenvalue weighted by atomic mass is 9.95. The zero-order chi connectivity index (χ0) is 16.2. The van der Waals surface area contributed by atoms with Crippen LogP contribution < -0.4 is 5.32 Å². The summed E-state index contributed by atoms with van der Waals surface area (Å²) in [7, 11) is 0. The fourth-order valence-electron chi connectivity index (χ4n) is 1.93. The van der Waals surface area contributed by atoms with Crippen molar-refractivity contribution in [1.29, 1.82) is 0 Å². The standard InChI is InChI=1S/C17H21N3O2/c1-17(2,3)16(21)20(22)12-13-6-8-14(9-7-13)19-15-5-4-10-18-11-15/h4-11,19,22H,12H2,1-3H3. The van der Waals surface area contributed by atoms with E-state index in [1.807, 2.05) is 36.4 Å². The molecule has 0 fully saturated rings. The molecule has 116 valence electrons. The molecule has 22 heavy (non-hydrogen) atoms. The van der Waals surface area contributed by atoms with E-state index in [1.165, 1.54) is 0 Å². The van der Waals surface area contributed by atoms with Gasteiger partial charge in [-0.2, -0.15) is 0 Å². The van der Waals surface area contributed by atoms with E-state index >= 15 is 0 Å². The van der Waals surface area contributed by atoms with Crippen molar-refractivity contribution in [3.8, 4) is 0 Å². The highest BCUT2D eigenvalue weighted by Gasteiger charge is 2.26. The smallest absolute Gasteiger partial charge is 0.251 e. The van der Waals surface area contributed by atoms with E-state index in [0.29, 0.717) is 0 Å². The van der Waals surface area contributed by atoms with Gasteiger partial charge in [-0.1, -0.05) is 32.9 Å². The summed E-state index contributed by atoms with van der Waals surface area (Å²) in [5.41, 5.74) is 2.08. The van der Waals surface area contributed by atoms with E-state index in [1.54, 1.807) is 33.2 Å². The Morgan fingerprint density at radius 1 is 1.18 bits per heavy atom. The number of benzene rings is 1. The lowest BCUT2D eigenvalue weighted by molar-refractivity contribution is -0.177. The van der Waals surface area contributed by atoms with Crippen LogP contribution in [0.1, 0.15) is 26.3 Å². The minimum absolute atomic E-state index is 0.170. The summed E-state index contributed by atoms with van der Waals surface area (Å²) in [6.07, 6.45) is 3.46. The zero-order valence-corrected chi connectivity index (χ0v) is 13.1. The van der Waals surface area contributed by atoms with Crippen LogP contribution in [0.5, 0.6) is 0 Å². The molecule has 0 unspecified atom stereocenters. The second-order valence-corrected chi connectivity index (χ2v) is 6.18. The number of amides is 1. The Bertz CT molecular complexity index is 619. The van der Waals surface area contributed by atoms with Gasteiger partial charge in [-0.25, -0.2) is 5.06 Å². The molecule has 0 aliphatic heterocycles. The molecule has 1 aromatic carbocycles. The van der Waals surface area contributed by atoms with Crippen molar-refractivity contribution in [1.82, 2.24) is 10.0 Å². The number of pyridine rings is 1. The van der Waals surface area contributed by atoms with Crippen LogP contribution in [0.3, 0.4) is 0 Å². The fourth-order valence-corrected chi connectivity index (χ4v) is 1.93. The predicted octanol–water partition coefficient (Wildman–Crippen LogP) is 3.59. The maximum absolute atomic E-state index is 11.9. The summed E-state index contributed by atoms with van der Waals surface area (Å²) in [5, 5.41) is 13.9. The van der Waals surface area contributed by atoms with Crippen LogP contribution in [0, 0.1) is 5.41 Å². The van der Waals surface area contributed by atoms with E-state index in [2.05, 4.69) is 10.3 Å². The van der Waals surface area contributed by atoms with E-state index in [9.17, 15) is 10.0 Å². The number of nitrogens with one attached hydrogen (secondary N) is 1. The van der Waals surface area contributed by atoms with Crippen LogP contribution in [0.25, 0.3) is 0 Å². The third kappa shape index (κ3) is 4.30. The molecule has 2 aromatic rings. The molecule has 1 aromatic heterocycles. The first-order valence-corrected chi connectivity index (χ1v) is 7.13. The van der Waals surface area contributed by atoms with E-state index in [0.717, 1.165) is 22.0 Å². The number of hydrogen-bond acceptors (Lipinski definition) is 4. The lowest BCUT2D eigenvalue weighted by Crippen LogP contribution is -2.36. The van der Waals surface area contributed by atoms with Gasteiger partial charge in [0.25, 0.3) is 5.91 Å². The number of aromatic nitrogens is 1. The van der Waals surface area contributed by atoms with Gasteiger partial charge in [0.2, 0.25) is 0 Å². The molecule has 0 saturated carbocycles. The minimum atomic E-state index is -0.601. The first-order chi connectivity index (χ1) is 10.4. The molecule has 2 N–H and O–H groups in total. The summed E-state index contributed by atoms with van der Waals surface area (Å²) in [6.45, 7) is 5.50.